The zero-order valence-electron chi connectivity index (χ0n) is 14.2. The summed E-state index contributed by atoms with van der Waals surface area (Å²) in [5.41, 5.74) is -0.778. The molecular formula is C18H16F5NO4. The largest absolute Gasteiger partial charge is 0.491 e. The molecule has 0 aliphatic rings. The van der Waals surface area contributed by atoms with E-state index in [4.69, 9.17) is 4.74 Å². The minimum absolute atomic E-state index is 0.0500. The molecule has 1 amide bonds. The fraction of sp³-hybridized carbons (Fsp3) is 0.278. The normalized spacial score (nSPS) is 12.5. The summed E-state index contributed by atoms with van der Waals surface area (Å²) in [5, 5.41) is 12.2. The molecule has 152 valence electrons. The minimum Gasteiger partial charge on any atom is -0.491 e. The van der Waals surface area contributed by atoms with E-state index in [-0.39, 0.29) is 30.2 Å². The van der Waals surface area contributed by atoms with Gasteiger partial charge in [0.25, 0.3) is 5.91 Å². The van der Waals surface area contributed by atoms with E-state index in [1.807, 2.05) is 0 Å². The fourth-order valence-corrected chi connectivity index (χ4v) is 2.12. The highest BCUT2D eigenvalue weighted by Gasteiger charge is 2.30. The molecule has 28 heavy (non-hydrogen) atoms. The van der Waals surface area contributed by atoms with E-state index in [2.05, 4.69) is 10.1 Å². The van der Waals surface area contributed by atoms with Crippen molar-refractivity contribution in [2.75, 3.05) is 13.2 Å². The third-order valence-electron chi connectivity index (χ3n) is 3.44. The molecule has 0 fully saturated rings. The summed E-state index contributed by atoms with van der Waals surface area (Å²) in [4.78, 5) is 12.0. The number of amides is 1. The van der Waals surface area contributed by atoms with Gasteiger partial charge in [0.2, 0.25) is 0 Å². The van der Waals surface area contributed by atoms with Gasteiger partial charge in [-0.3, -0.25) is 4.79 Å². The number of ether oxygens (including phenoxy) is 2. The number of rotatable bonds is 8. The highest BCUT2D eigenvalue weighted by Crippen LogP contribution is 2.30. The van der Waals surface area contributed by atoms with Crippen LogP contribution < -0.4 is 14.8 Å². The Morgan fingerprint density at radius 2 is 1.75 bits per heavy atom. The molecule has 0 spiro atoms. The molecule has 1 atom stereocenters. The summed E-state index contributed by atoms with van der Waals surface area (Å²) >= 11 is 0. The lowest BCUT2D eigenvalue weighted by Gasteiger charge is -2.14. The van der Waals surface area contributed by atoms with Crippen molar-refractivity contribution in [1.82, 2.24) is 5.32 Å². The summed E-state index contributed by atoms with van der Waals surface area (Å²) in [5.74, 6) is -0.697. The molecule has 0 bridgehead atoms. The number of hydrogen-bond acceptors (Lipinski definition) is 4. The summed E-state index contributed by atoms with van der Waals surface area (Å²) in [6.07, 6.45) is -5.60. The van der Waals surface area contributed by atoms with Crippen LogP contribution in [0.5, 0.6) is 11.5 Å². The van der Waals surface area contributed by atoms with Crippen LogP contribution in [0.15, 0.2) is 48.5 Å². The molecular weight excluding hydrogens is 389 g/mol. The molecule has 2 aromatic carbocycles. The quantitative estimate of drug-likeness (QED) is 0.660. The van der Waals surface area contributed by atoms with Crippen LogP contribution in [0.1, 0.15) is 15.9 Å². The molecule has 0 saturated carbocycles. The van der Waals surface area contributed by atoms with Crippen molar-refractivity contribution in [3.63, 3.8) is 0 Å². The Hall–Kier alpha value is -2.88. The van der Waals surface area contributed by atoms with Crippen LogP contribution in [0.3, 0.4) is 0 Å². The van der Waals surface area contributed by atoms with Crippen LogP contribution >= 0.6 is 0 Å². The molecule has 0 aromatic heterocycles. The lowest BCUT2D eigenvalue weighted by Crippen LogP contribution is -2.35. The maximum absolute atomic E-state index is 12.5. The number of hydrogen-bond donors (Lipinski definition) is 2. The molecule has 0 heterocycles. The first-order valence-electron chi connectivity index (χ1n) is 7.96. The van der Waals surface area contributed by atoms with Crippen LogP contribution in [-0.4, -0.2) is 36.9 Å². The van der Waals surface area contributed by atoms with E-state index in [0.29, 0.717) is 0 Å². The molecule has 5 nitrogen and oxygen atoms in total. The van der Waals surface area contributed by atoms with Crippen molar-refractivity contribution in [2.45, 2.75) is 18.9 Å². The molecule has 10 heteroatoms. The van der Waals surface area contributed by atoms with Crippen molar-refractivity contribution in [2.24, 2.45) is 0 Å². The number of aliphatic hydroxyl groups excluding tert-OH is 1. The van der Waals surface area contributed by atoms with Gasteiger partial charge in [0.05, 0.1) is 5.56 Å². The Balaban J connectivity index is 1.80. The maximum atomic E-state index is 12.5. The van der Waals surface area contributed by atoms with Crippen molar-refractivity contribution in [3.05, 3.63) is 59.7 Å². The molecule has 0 saturated heterocycles. The van der Waals surface area contributed by atoms with E-state index in [1.165, 1.54) is 18.2 Å². The van der Waals surface area contributed by atoms with E-state index < -0.39 is 30.4 Å². The van der Waals surface area contributed by atoms with Gasteiger partial charge in [0.1, 0.15) is 24.2 Å². The second kappa shape index (κ2) is 9.36. The third kappa shape index (κ3) is 6.69. The molecule has 2 N–H and O–H groups in total. The summed E-state index contributed by atoms with van der Waals surface area (Å²) in [6.45, 7) is -3.53. The third-order valence-corrected chi connectivity index (χ3v) is 3.44. The smallest absolute Gasteiger partial charge is 0.416 e. The summed E-state index contributed by atoms with van der Waals surface area (Å²) < 4.78 is 71.1. The zero-order valence-corrected chi connectivity index (χ0v) is 14.2. The van der Waals surface area contributed by atoms with Gasteiger partial charge in [-0.05, 0) is 42.5 Å². The van der Waals surface area contributed by atoms with Gasteiger partial charge in [0.15, 0.2) is 0 Å². The van der Waals surface area contributed by atoms with E-state index >= 15 is 0 Å². The van der Waals surface area contributed by atoms with Crippen molar-refractivity contribution >= 4 is 5.91 Å². The van der Waals surface area contributed by atoms with Crippen molar-refractivity contribution in [3.8, 4) is 11.5 Å². The lowest BCUT2D eigenvalue weighted by molar-refractivity contribution is -0.137. The zero-order chi connectivity index (χ0) is 20.7. The van der Waals surface area contributed by atoms with Gasteiger partial charge in [-0.1, -0.05) is 6.07 Å². The van der Waals surface area contributed by atoms with Crippen LogP contribution in [-0.2, 0) is 6.18 Å². The van der Waals surface area contributed by atoms with E-state index in [1.54, 1.807) is 0 Å². The van der Waals surface area contributed by atoms with Gasteiger partial charge in [-0.15, -0.1) is 0 Å². The Morgan fingerprint density at radius 3 is 2.36 bits per heavy atom. The molecule has 0 radical (unpaired) electrons. The van der Waals surface area contributed by atoms with Crippen LogP contribution in [0.25, 0.3) is 0 Å². The van der Waals surface area contributed by atoms with Crippen LogP contribution in [0, 0.1) is 0 Å². The number of carbonyl (C=O) groups is 1. The number of aliphatic hydroxyl groups is 1. The SMILES string of the molecule is O=C(NCC(O)COc1ccc(C(F)(F)F)cc1)c1cccc(OC(F)F)c1. The Labute approximate surface area is 156 Å². The summed E-state index contributed by atoms with van der Waals surface area (Å²) in [6, 6.07) is 9.03. The topological polar surface area (TPSA) is 67.8 Å². The molecule has 0 aliphatic carbocycles. The Bertz CT molecular complexity index is 780. The monoisotopic (exact) mass is 405 g/mol. The number of alkyl halides is 5. The second-order valence-corrected chi connectivity index (χ2v) is 5.60. The first-order valence-corrected chi connectivity index (χ1v) is 7.96. The minimum atomic E-state index is -4.46. The van der Waals surface area contributed by atoms with E-state index in [9.17, 15) is 31.9 Å². The predicted octanol–water partition coefficient (Wildman–Crippen LogP) is 3.48. The van der Waals surface area contributed by atoms with Crippen LogP contribution in [0.2, 0.25) is 0 Å². The Kier molecular flexibility index (Phi) is 7.16. The van der Waals surface area contributed by atoms with Gasteiger partial charge < -0.3 is 19.9 Å². The average Bonchev–Trinajstić information content (AvgIpc) is 2.63. The van der Waals surface area contributed by atoms with Gasteiger partial charge >= 0.3 is 12.8 Å². The fourth-order valence-electron chi connectivity index (χ4n) is 2.12. The first kappa shape index (κ1) is 21.4. The van der Waals surface area contributed by atoms with Gasteiger partial charge in [-0.2, -0.15) is 22.0 Å². The number of nitrogens with one attached hydrogen (secondary N) is 1. The maximum Gasteiger partial charge on any atom is 0.416 e. The summed E-state index contributed by atoms with van der Waals surface area (Å²) in [7, 11) is 0. The van der Waals surface area contributed by atoms with Gasteiger partial charge in [-0.25, -0.2) is 0 Å². The molecule has 2 aromatic rings. The Morgan fingerprint density at radius 1 is 1.07 bits per heavy atom. The molecule has 0 aliphatic heterocycles. The molecule has 1 unspecified atom stereocenters. The predicted molar refractivity (Wildman–Crippen MR) is 88.4 cm³/mol. The number of carbonyl (C=O) groups excluding carboxylic acids is 1. The standard InChI is InChI=1S/C18H16F5NO4/c19-17(20)28-15-3-1-2-11(8-15)16(26)24-9-13(25)10-27-14-6-4-12(5-7-14)18(21,22)23/h1-8,13,17,25H,9-10H2,(H,24,26). The number of halogens is 5. The van der Waals surface area contributed by atoms with Crippen molar-refractivity contribution < 1.29 is 41.3 Å². The van der Waals surface area contributed by atoms with Crippen molar-refractivity contribution in [1.29, 1.82) is 0 Å². The lowest BCUT2D eigenvalue weighted by atomic mass is 10.2. The van der Waals surface area contributed by atoms with E-state index in [0.717, 1.165) is 30.3 Å². The number of benzene rings is 2. The second-order valence-electron chi connectivity index (χ2n) is 5.60. The average molecular weight is 405 g/mol. The highest BCUT2D eigenvalue weighted by molar-refractivity contribution is 5.94. The first-order chi connectivity index (χ1) is 13.1. The highest BCUT2D eigenvalue weighted by atomic mass is 19.4. The molecule has 2 rings (SSSR count). The van der Waals surface area contributed by atoms with Crippen LogP contribution in [0.4, 0.5) is 22.0 Å². The van der Waals surface area contributed by atoms with Gasteiger partial charge in [0, 0.05) is 12.1 Å².